The highest BCUT2D eigenvalue weighted by Crippen LogP contribution is 2.08. The second kappa shape index (κ2) is 6.40. The molecule has 0 aromatic heterocycles. The largest absolute Gasteiger partial charge is 0.480 e. The number of hydrogen-bond acceptors (Lipinski definition) is 3. The minimum atomic E-state index is -1.36. The molecule has 1 aliphatic heterocycles. The van der Waals surface area contributed by atoms with Crippen LogP contribution >= 0.6 is 0 Å². The quantitative estimate of drug-likeness (QED) is 0.678. The summed E-state index contributed by atoms with van der Waals surface area (Å²) in [6.45, 7) is 4.09. The first-order valence-corrected chi connectivity index (χ1v) is 6.40. The highest BCUT2D eigenvalue weighted by Gasteiger charge is 2.29. The molecule has 0 aromatic rings. The summed E-state index contributed by atoms with van der Waals surface area (Å²) in [4.78, 5) is 35.8. The highest BCUT2D eigenvalue weighted by molar-refractivity contribution is 5.88. The molecule has 19 heavy (non-hydrogen) atoms. The average molecular weight is 271 g/mol. The summed E-state index contributed by atoms with van der Waals surface area (Å²) in [7, 11) is 0. The molecule has 1 aliphatic rings. The van der Waals surface area contributed by atoms with Gasteiger partial charge in [-0.1, -0.05) is 0 Å². The van der Waals surface area contributed by atoms with Crippen molar-refractivity contribution in [2.45, 2.75) is 38.6 Å². The van der Waals surface area contributed by atoms with E-state index in [1.807, 2.05) is 0 Å². The Morgan fingerprint density at radius 1 is 1.16 bits per heavy atom. The fraction of sp³-hybridized carbons (Fsp3) is 0.750. The van der Waals surface area contributed by atoms with Crippen LogP contribution in [0, 0.1) is 0 Å². The van der Waals surface area contributed by atoms with Crippen LogP contribution < -0.4 is 10.6 Å². The maximum atomic E-state index is 11.8. The van der Waals surface area contributed by atoms with Gasteiger partial charge >= 0.3 is 12.0 Å². The van der Waals surface area contributed by atoms with E-state index in [9.17, 15) is 14.4 Å². The van der Waals surface area contributed by atoms with Gasteiger partial charge in [0, 0.05) is 13.1 Å². The number of urea groups is 1. The molecule has 3 amide bonds. The lowest BCUT2D eigenvalue weighted by Gasteiger charge is -2.27. The Morgan fingerprint density at radius 2 is 1.74 bits per heavy atom. The molecular weight excluding hydrogens is 250 g/mol. The summed E-state index contributed by atoms with van der Waals surface area (Å²) in [5.74, 6) is -1.27. The van der Waals surface area contributed by atoms with Crippen LogP contribution in [0.15, 0.2) is 0 Å². The third-order valence-corrected chi connectivity index (χ3v) is 3.07. The third-order valence-electron chi connectivity index (χ3n) is 3.07. The van der Waals surface area contributed by atoms with Crippen LogP contribution in [0.2, 0.25) is 0 Å². The first-order chi connectivity index (χ1) is 8.83. The van der Waals surface area contributed by atoms with Crippen LogP contribution in [0.25, 0.3) is 0 Å². The van der Waals surface area contributed by atoms with E-state index in [0.29, 0.717) is 0 Å². The molecule has 7 heteroatoms. The van der Waals surface area contributed by atoms with Gasteiger partial charge in [0.25, 0.3) is 0 Å². The van der Waals surface area contributed by atoms with E-state index in [1.54, 1.807) is 4.90 Å². The molecule has 7 nitrogen and oxygen atoms in total. The third kappa shape index (κ3) is 4.76. The Balaban J connectivity index is 2.33. The molecule has 0 unspecified atom stereocenters. The van der Waals surface area contributed by atoms with Crippen molar-refractivity contribution in [1.82, 2.24) is 15.5 Å². The Hall–Kier alpha value is -1.79. The number of rotatable bonds is 4. The number of carboxylic acids is 1. The lowest BCUT2D eigenvalue weighted by atomic mass is 10.1. The second-order valence-electron chi connectivity index (χ2n) is 5.18. The molecule has 0 aromatic carbocycles. The number of aliphatic carboxylic acids is 1. The van der Waals surface area contributed by atoms with Gasteiger partial charge in [0.15, 0.2) is 0 Å². The van der Waals surface area contributed by atoms with E-state index < -0.39 is 17.5 Å². The summed E-state index contributed by atoms with van der Waals surface area (Å²) in [6, 6.07) is -0.655. The number of likely N-dealkylation sites (tertiary alicyclic amines) is 1. The summed E-state index contributed by atoms with van der Waals surface area (Å²) < 4.78 is 0. The Bertz CT molecular complexity index is 362. The number of carbonyl (C=O) groups excluding carboxylic acids is 2. The topological polar surface area (TPSA) is 98.7 Å². The molecular formula is C12H21N3O4. The zero-order valence-corrected chi connectivity index (χ0v) is 11.4. The number of carbonyl (C=O) groups is 3. The van der Waals surface area contributed by atoms with Gasteiger partial charge in [0.2, 0.25) is 5.91 Å². The lowest BCUT2D eigenvalue weighted by Crippen LogP contribution is -2.54. The zero-order chi connectivity index (χ0) is 14.5. The maximum Gasteiger partial charge on any atom is 0.328 e. The van der Waals surface area contributed by atoms with Crippen molar-refractivity contribution in [2.75, 3.05) is 19.6 Å². The van der Waals surface area contributed by atoms with Gasteiger partial charge in [-0.15, -0.1) is 0 Å². The second-order valence-corrected chi connectivity index (χ2v) is 5.18. The van der Waals surface area contributed by atoms with E-state index in [2.05, 4.69) is 10.6 Å². The van der Waals surface area contributed by atoms with Crippen molar-refractivity contribution in [2.24, 2.45) is 0 Å². The lowest BCUT2D eigenvalue weighted by molar-refractivity contribution is -0.142. The van der Waals surface area contributed by atoms with Crippen molar-refractivity contribution < 1.29 is 19.5 Å². The first kappa shape index (κ1) is 15.3. The van der Waals surface area contributed by atoms with E-state index in [-0.39, 0.29) is 12.5 Å². The van der Waals surface area contributed by atoms with E-state index >= 15 is 0 Å². The van der Waals surface area contributed by atoms with Crippen LogP contribution in [-0.4, -0.2) is 53.1 Å². The molecule has 1 fully saturated rings. The number of nitrogens with zero attached hydrogens (tertiary/aromatic N) is 1. The van der Waals surface area contributed by atoms with Crippen LogP contribution in [0.5, 0.6) is 0 Å². The minimum absolute atomic E-state index is 0.110. The molecule has 0 atom stereocenters. The molecule has 1 rings (SSSR count). The van der Waals surface area contributed by atoms with Crippen molar-refractivity contribution >= 4 is 17.9 Å². The van der Waals surface area contributed by atoms with Crippen LogP contribution in [0.1, 0.15) is 33.1 Å². The van der Waals surface area contributed by atoms with Gasteiger partial charge in [-0.3, -0.25) is 4.79 Å². The van der Waals surface area contributed by atoms with Gasteiger partial charge in [0.05, 0.1) is 6.54 Å². The van der Waals surface area contributed by atoms with Gasteiger partial charge < -0.3 is 20.6 Å². The summed E-state index contributed by atoms with van der Waals surface area (Å²) >= 11 is 0. The van der Waals surface area contributed by atoms with Crippen molar-refractivity contribution in [3.05, 3.63) is 0 Å². The fourth-order valence-electron chi connectivity index (χ4n) is 1.79. The molecule has 0 bridgehead atoms. The predicted molar refractivity (Wildman–Crippen MR) is 68.7 cm³/mol. The average Bonchev–Trinajstić information content (AvgIpc) is 2.36. The number of piperidine rings is 1. The molecule has 108 valence electrons. The highest BCUT2D eigenvalue weighted by atomic mass is 16.4. The van der Waals surface area contributed by atoms with Gasteiger partial charge in [-0.05, 0) is 33.1 Å². The maximum absolute atomic E-state index is 11.8. The SMILES string of the molecule is CC(C)(NC(=O)NCC(=O)N1CCCCC1)C(=O)O. The molecule has 1 heterocycles. The molecule has 1 saturated heterocycles. The molecule has 0 radical (unpaired) electrons. The van der Waals surface area contributed by atoms with Crippen molar-refractivity contribution in [1.29, 1.82) is 0 Å². The molecule has 0 spiro atoms. The Kier molecular flexibility index (Phi) is 5.14. The van der Waals surface area contributed by atoms with Gasteiger partial charge in [-0.25, -0.2) is 9.59 Å². The van der Waals surface area contributed by atoms with Gasteiger partial charge in [-0.2, -0.15) is 0 Å². The predicted octanol–water partition coefficient (Wildman–Crippen LogP) is 0.161. The van der Waals surface area contributed by atoms with Crippen LogP contribution in [0.4, 0.5) is 4.79 Å². The number of nitrogens with one attached hydrogen (secondary N) is 2. The first-order valence-electron chi connectivity index (χ1n) is 6.40. The van der Waals surface area contributed by atoms with E-state index in [0.717, 1.165) is 32.4 Å². The van der Waals surface area contributed by atoms with E-state index in [1.165, 1.54) is 13.8 Å². The van der Waals surface area contributed by atoms with Gasteiger partial charge in [0.1, 0.15) is 5.54 Å². The monoisotopic (exact) mass is 271 g/mol. The standard InChI is InChI=1S/C12H21N3O4/c1-12(2,10(17)18)14-11(19)13-8-9(16)15-6-4-3-5-7-15/h3-8H2,1-2H3,(H,17,18)(H2,13,14,19). The summed E-state index contributed by atoms with van der Waals surface area (Å²) in [5, 5.41) is 13.5. The normalized spacial score (nSPS) is 15.8. The van der Waals surface area contributed by atoms with Crippen molar-refractivity contribution in [3.8, 4) is 0 Å². The minimum Gasteiger partial charge on any atom is -0.480 e. The molecule has 0 saturated carbocycles. The Labute approximate surface area is 112 Å². The fourth-order valence-corrected chi connectivity index (χ4v) is 1.79. The van der Waals surface area contributed by atoms with Crippen molar-refractivity contribution in [3.63, 3.8) is 0 Å². The van der Waals surface area contributed by atoms with Crippen LogP contribution in [0.3, 0.4) is 0 Å². The van der Waals surface area contributed by atoms with Crippen LogP contribution in [-0.2, 0) is 9.59 Å². The molecule has 0 aliphatic carbocycles. The van der Waals surface area contributed by atoms with E-state index in [4.69, 9.17) is 5.11 Å². The number of amides is 3. The molecule has 3 N–H and O–H groups in total. The number of hydrogen-bond donors (Lipinski definition) is 3. The number of carboxylic acid groups (broad SMARTS) is 1. The Morgan fingerprint density at radius 3 is 2.26 bits per heavy atom. The summed E-state index contributed by atoms with van der Waals surface area (Å²) in [6.07, 6.45) is 3.11. The smallest absolute Gasteiger partial charge is 0.328 e. The summed E-state index contributed by atoms with van der Waals surface area (Å²) in [5.41, 5.74) is -1.36. The zero-order valence-electron chi connectivity index (χ0n) is 11.4.